The fraction of sp³-hybridized carbons (Fsp3) is 0. The molecule has 24 heavy (non-hydrogen) atoms. The molecule has 3 rings (SSSR count). The fourth-order valence-electron chi connectivity index (χ4n) is 2.05. The van der Waals surface area contributed by atoms with Gasteiger partial charge in [0, 0.05) is 10.0 Å². The Labute approximate surface area is 151 Å². The zero-order valence-electron chi connectivity index (χ0n) is 12.2. The van der Waals surface area contributed by atoms with Gasteiger partial charge >= 0.3 is 0 Å². The number of furan rings is 1. The van der Waals surface area contributed by atoms with Crippen molar-refractivity contribution in [1.29, 1.82) is 0 Å². The maximum atomic E-state index is 10.7. The molecule has 0 radical (unpaired) electrons. The number of carboxylic acid groups (broad SMARTS) is 1. The van der Waals surface area contributed by atoms with Gasteiger partial charge in [0.1, 0.15) is 11.5 Å². The van der Waals surface area contributed by atoms with Crippen molar-refractivity contribution in [3.63, 3.8) is 0 Å². The molecule has 0 spiro atoms. The van der Waals surface area contributed by atoms with E-state index in [1.807, 2.05) is 24.3 Å². The largest absolute Gasteiger partial charge is 0.545 e. The zero-order chi connectivity index (χ0) is 17.1. The molecule has 0 N–H and O–H groups in total. The third-order valence-corrected chi connectivity index (χ3v) is 4.51. The predicted molar refractivity (Wildman–Crippen MR) is 94.9 cm³/mol. The Morgan fingerprint density at radius 1 is 1.12 bits per heavy atom. The van der Waals surface area contributed by atoms with Crippen LogP contribution in [0.3, 0.4) is 0 Å². The Kier molecular flexibility index (Phi) is 4.83. The topological polar surface area (TPSA) is 65.6 Å². The summed E-state index contributed by atoms with van der Waals surface area (Å²) in [6, 6.07) is 15.3. The van der Waals surface area contributed by atoms with Gasteiger partial charge in [0.15, 0.2) is 0 Å². The smallest absolute Gasteiger partial charge is 0.145 e. The molecule has 0 amide bonds. The van der Waals surface area contributed by atoms with Crippen LogP contribution in [0.25, 0.3) is 11.3 Å². The van der Waals surface area contributed by atoms with Crippen LogP contribution < -0.4 is 5.11 Å². The van der Waals surface area contributed by atoms with E-state index in [2.05, 4.69) is 20.9 Å². The van der Waals surface area contributed by atoms with Crippen molar-refractivity contribution in [2.24, 2.45) is 4.99 Å². The highest BCUT2D eigenvalue weighted by atomic mass is 79.9. The van der Waals surface area contributed by atoms with Crippen molar-refractivity contribution in [2.75, 3.05) is 0 Å². The summed E-state index contributed by atoms with van der Waals surface area (Å²) < 4.78 is 6.54. The molecule has 120 valence electrons. The van der Waals surface area contributed by atoms with Gasteiger partial charge < -0.3 is 14.3 Å². The number of hydrogen-bond donors (Lipinski definition) is 0. The fourth-order valence-corrected chi connectivity index (χ4v) is 2.48. The Morgan fingerprint density at radius 2 is 1.88 bits per heavy atom. The number of halogens is 2. The lowest BCUT2D eigenvalue weighted by Crippen LogP contribution is -2.21. The van der Waals surface area contributed by atoms with E-state index in [0.717, 1.165) is 10.0 Å². The molecule has 4 nitrogen and oxygen atoms in total. The molecule has 1 aromatic heterocycles. The first-order valence-corrected chi connectivity index (χ1v) is 8.11. The van der Waals surface area contributed by atoms with Crippen LogP contribution in [0.4, 0.5) is 5.69 Å². The second kappa shape index (κ2) is 7.03. The first-order valence-electron chi connectivity index (χ1n) is 6.94. The second-order valence-corrected chi connectivity index (χ2v) is 6.18. The van der Waals surface area contributed by atoms with Crippen molar-refractivity contribution < 1.29 is 14.3 Å². The van der Waals surface area contributed by atoms with Crippen molar-refractivity contribution in [1.82, 2.24) is 0 Å². The summed E-state index contributed by atoms with van der Waals surface area (Å²) in [5.41, 5.74) is 1.59. The minimum Gasteiger partial charge on any atom is -0.545 e. The van der Waals surface area contributed by atoms with Crippen molar-refractivity contribution in [2.45, 2.75) is 0 Å². The SMILES string of the molecule is O=C([O-])c1ccc(N=Cc2ccc(-c3ccc(Br)c(Cl)c3)o2)cc1. The molecular formula is C18H10BrClNO3-. The van der Waals surface area contributed by atoms with Crippen LogP contribution >= 0.6 is 27.5 Å². The van der Waals surface area contributed by atoms with Gasteiger partial charge in [0.25, 0.3) is 0 Å². The average molecular weight is 404 g/mol. The highest BCUT2D eigenvalue weighted by Gasteiger charge is 2.06. The molecule has 0 unspecified atom stereocenters. The van der Waals surface area contributed by atoms with Crippen molar-refractivity contribution in [3.8, 4) is 11.3 Å². The third-order valence-electron chi connectivity index (χ3n) is 3.27. The van der Waals surface area contributed by atoms with Gasteiger partial charge in [0.2, 0.25) is 0 Å². The van der Waals surface area contributed by atoms with Gasteiger partial charge in [-0.15, -0.1) is 0 Å². The Balaban J connectivity index is 1.78. The standard InChI is InChI=1S/C18H11BrClNO3/c19-15-7-3-12(9-16(15)20)17-8-6-14(24-17)10-21-13-4-1-11(2-5-13)18(22)23/h1-10H,(H,22,23)/p-1. The quantitative estimate of drug-likeness (QED) is 0.603. The number of aliphatic imine (C=N–C) groups is 1. The highest BCUT2D eigenvalue weighted by Crippen LogP contribution is 2.29. The molecule has 0 aliphatic rings. The lowest BCUT2D eigenvalue weighted by Gasteiger charge is -2.01. The van der Waals surface area contributed by atoms with Crippen LogP contribution in [0.1, 0.15) is 16.1 Å². The second-order valence-electron chi connectivity index (χ2n) is 4.92. The van der Waals surface area contributed by atoms with E-state index in [4.69, 9.17) is 16.0 Å². The summed E-state index contributed by atoms with van der Waals surface area (Å²) >= 11 is 9.43. The molecule has 6 heteroatoms. The van der Waals surface area contributed by atoms with E-state index >= 15 is 0 Å². The monoisotopic (exact) mass is 402 g/mol. The normalized spacial score (nSPS) is 11.1. The zero-order valence-corrected chi connectivity index (χ0v) is 14.5. The molecule has 0 bridgehead atoms. The molecule has 3 aromatic rings. The minimum atomic E-state index is -1.21. The number of nitrogens with zero attached hydrogens (tertiary/aromatic N) is 1. The Bertz CT molecular complexity index is 916. The summed E-state index contributed by atoms with van der Waals surface area (Å²) in [7, 11) is 0. The number of aromatic carboxylic acids is 1. The molecule has 0 aliphatic carbocycles. The number of hydrogen-bond acceptors (Lipinski definition) is 4. The number of benzene rings is 2. The van der Waals surface area contributed by atoms with Crippen LogP contribution in [0.15, 0.2) is 68.5 Å². The minimum absolute atomic E-state index is 0.112. The Morgan fingerprint density at radius 3 is 2.54 bits per heavy atom. The molecule has 0 saturated heterocycles. The molecule has 1 heterocycles. The van der Waals surface area contributed by atoms with Crippen LogP contribution in [-0.2, 0) is 0 Å². The lowest BCUT2D eigenvalue weighted by atomic mass is 10.2. The van der Waals surface area contributed by atoms with Crippen LogP contribution in [0.2, 0.25) is 5.02 Å². The van der Waals surface area contributed by atoms with E-state index in [0.29, 0.717) is 22.2 Å². The van der Waals surface area contributed by atoms with Gasteiger partial charge in [-0.1, -0.05) is 29.8 Å². The molecule has 0 aliphatic heterocycles. The number of carbonyl (C=O) groups is 1. The highest BCUT2D eigenvalue weighted by molar-refractivity contribution is 9.10. The van der Waals surface area contributed by atoms with Crippen LogP contribution in [0.5, 0.6) is 0 Å². The van der Waals surface area contributed by atoms with E-state index in [9.17, 15) is 9.90 Å². The van der Waals surface area contributed by atoms with Crippen LogP contribution in [0, 0.1) is 0 Å². The van der Waals surface area contributed by atoms with Gasteiger partial charge in [0.05, 0.1) is 22.9 Å². The van der Waals surface area contributed by atoms with E-state index in [1.165, 1.54) is 12.1 Å². The lowest BCUT2D eigenvalue weighted by molar-refractivity contribution is -0.255. The first kappa shape index (κ1) is 16.5. The van der Waals surface area contributed by atoms with Gasteiger partial charge in [-0.2, -0.15) is 0 Å². The summed E-state index contributed by atoms with van der Waals surface area (Å²) in [6.45, 7) is 0. The summed E-state index contributed by atoms with van der Waals surface area (Å²) in [6.07, 6.45) is 1.57. The number of carboxylic acids is 1. The van der Waals surface area contributed by atoms with Gasteiger partial charge in [-0.3, -0.25) is 4.99 Å². The van der Waals surface area contributed by atoms with Gasteiger partial charge in [-0.05, 0) is 57.9 Å². The van der Waals surface area contributed by atoms with E-state index in [-0.39, 0.29) is 5.56 Å². The van der Waals surface area contributed by atoms with E-state index < -0.39 is 5.97 Å². The van der Waals surface area contributed by atoms with Crippen molar-refractivity contribution >= 4 is 45.4 Å². The van der Waals surface area contributed by atoms with E-state index in [1.54, 1.807) is 24.4 Å². The first-order chi connectivity index (χ1) is 11.5. The summed E-state index contributed by atoms with van der Waals surface area (Å²) in [5.74, 6) is 0.0422. The van der Waals surface area contributed by atoms with Crippen molar-refractivity contribution in [3.05, 3.63) is 75.4 Å². The third kappa shape index (κ3) is 3.75. The Hall–Kier alpha value is -2.37. The maximum Gasteiger partial charge on any atom is 0.145 e. The molecule has 2 aromatic carbocycles. The summed E-state index contributed by atoms with van der Waals surface area (Å²) in [5, 5.41) is 11.3. The molecular weight excluding hydrogens is 394 g/mol. The molecule has 0 atom stereocenters. The number of rotatable bonds is 4. The van der Waals surface area contributed by atoms with Crippen LogP contribution in [-0.4, -0.2) is 12.2 Å². The molecule has 0 fully saturated rings. The molecule has 0 saturated carbocycles. The number of carbonyl (C=O) groups excluding carboxylic acids is 1. The summed E-state index contributed by atoms with van der Waals surface area (Å²) in [4.78, 5) is 14.9. The predicted octanol–water partition coefficient (Wildman–Crippen LogP) is 4.48. The maximum absolute atomic E-state index is 10.7. The average Bonchev–Trinajstić information content (AvgIpc) is 3.05. The van der Waals surface area contributed by atoms with Gasteiger partial charge in [-0.25, -0.2) is 0 Å².